The average molecular weight is 307 g/mol. The summed E-state index contributed by atoms with van der Waals surface area (Å²) < 4.78 is 6.19. The molecule has 1 heterocycles. The second-order valence-electron chi connectivity index (χ2n) is 5.89. The average Bonchev–Trinajstić information content (AvgIpc) is 2.13. The molecule has 0 fully saturated rings. The molecule has 0 bridgehead atoms. The van der Waals surface area contributed by atoms with E-state index in [0.717, 1.165) is 0 Å². The molecule has 1 rings (SSSR count). The van der Waals surface area contributed by atoms with Gasteiger partial charge in [-0.15, -0.1) is 0 Å². The molecular formula is C12H20Cl2N2OSi. The van der Waals surface area contributed by atoms with E-state index in [-0.39, 0.29) is 11.1 Å². The Bertz CT molecular complexity index is 412. The number of nitrogens with zero attached hydrogens (tertiary/aromatic N) is 2. The highest BCUT2D eigenvalue weighted by molar-refractivity contribution is 6.74. The highest BCUT2D eigenvalue weighted by Crippen LogP contribution is 2.39. The molecule has 3 nitrogen and oxygen atoms in total. The Hall–Kier alpha value is -0.163. The molecular weight excluding hydrogens is 287 g/mol. The summed E-state index contributed by atoms with van der Waals surface area (Å²) in [5.74, 6) is 0.539. The van der Waals surface area contributed by atoms with Gasteiger partial charge < -0.3 is 4.43 Å². The molecule has 0 N–H and O–H groups in total. The molecule has 0 aliphatic rings. The number of halogens is 2. The maximum absolute atomic E-state index is 6.19. The van der Waals surface area contributed by atoms with Gasteiger partial charge in [-0.1, -0.05) is 44.0 Å². The van der Waals surface area contributed by atoms with Crippen LogP contribution in [-0.2, 0) is 4.43 Å². The van der Waals surface area contributed by atoms with E-state index in [4.69, 9.17) is 27.6 Å². The van der Waals surface area contributed by atoms with Crippen molar-refractivity contribution in [2.75, 3.05) is 0 Å². The molecule has 6 heteroatoms. The minimum Gasteiger partial charge on any atom is -0.407 e. The Morgan fingerprint density at radius 2 is 1.61 bits per heavy atom. The van der Waals surface area contributed by atoms with Crippen molar-refractivity contribution in [1.29, 1.82) is 0 Å². The second kappa shape index (κ2) is 5.45. The zero-order valence-corrected chi connectivity index (χ0v) is 14.2. The van der Waals surface area contributed by atoms with Crippen molar-refractivity contribution in [2.24, 2.45) is 0 Å². The van der Waals surface area contributed by atoms with Crippen LogP contribution in [0.2, 0.25) is 28.4 Å². The lowest BCUT2D eigenvalue weighted by Crippen LogP contribution is -2.41. The van der Waals surface area contributed by atoms with Gasteiger partial charge in [0.05, 0.1) is 0 Å². The van der Waals surface area contributed by atoms with Gasteiger partial charge in [-0.25, -0.2) is 9.97 Å². The monoisotopic (exact) mass is 306 g/mol. The van der Waals surface area contributed by atoms with Gasteiger partial charge in [0.15, 0.2) is 14.1 Å². The summed E-state index contributed by atoms with van der Waals surface area (Å²) in [6.45, 7) is 12.9. The lowest BCUT2D eigenvalue weighted by Gasteiger charge is -2.38. The largest absolute Gasteiger partial charge is 0.407 e. The van der Waals surface area contributed by atoms with Crippen LogP contribution < -0.4 is 0 Å². The smallest absolute Gasteiger partial charge is 0.193 e. The van der Waals surface area contributed by atoms with E-state index in [1.165, 1.54) is 6.07 Å². The van der Waals surface area contributed by atoms with E-state index >= 15 is 0 Å². The van der Waals surface area contributed by atoms with Crippen molar-refractivity contribution in [1.82, 2.24) is 9.97 Å². The third-order valence-corrected chi connectivity index (χ3v) is 8.26. The topological polar surface area (TPSA) is 35.0 Å². The fraction of sp³-hybridized carbons (Fsp3) is 0.667. The van der Waals surface area contributed by atoms with Crippen molar-refractivity contribution in [3.05, 3.63) is 22.2 Å². The molecule has 0 aromatic carbocycles. The molecule has 1 aromatic rings. The first-order chi connectivity index (χ1) is 8.03. The molecule has 0 amide bonds. The highest BCUT2D eigenvalue weighted by atomic mass is 35.5. The first-order valence-electron chi connectivity index (χ1n) is 5.91. The van der Waals surface area contributed by atoms with E-state index in [2.05, 4.69) is 43.8 Å². The Labute approximate surface area is 120 Å². The Morgan fingerprint density at radius 3 is 2.00 bits per heavy atom. The van der Waals surface area contributed by atoms with Crippen LogP contribution in [0.1, 0.15) is 39.6 Å². The van der Waals surface area contributed by atoms with Crippen molar-refractivity contribution in [3.8, 4) is 0 Å². The van der Waals surface area contributed by atoms with Crippen LogP contribution in [0.15, 0.2) is 6.07 Å². The Balaban J connectivity index is 2.92. The van der Waals surface area contributed by atoms with Gasteiger partial charge in [-0.05, 0) is 25.1 Å². The molecule has 1 atom stereocenters. The van der Waals surface area contributed by atoms with Gasteiger partial charge >= 0.3 is 0 Å². The van der Waals surface area contributed by atoms with Crippen molar-refractivity contribution in [2.45, 2.75) is 51.9 Å². The number of hydrogen-bond donors (Lipinski definition) is 0. The second-order valence-corrected chi connectivity index (χ2v) is 11.4. The molecule has 18 heavy (non-hydrogen) atoms. The lowest BCUT2D eigenvalue weighted by molar-refractivity contribution is 0.193. The van der Waals surface area contributed by atoms with Crippen molar-refractivity contribution >= 4 is 31.5 Å². The normalized spacial score (nSPS) is 14.7. The SMILES string of the molecule is CC(O[Si](C)(C)C(C)(C)C)c1nc(Cl)cc(Cl)n1. The molecule has 1 aromatic heterocycles. The van der Waals surface area contributed by atoms with Crippen LogP contribution in [0.4, 0.5) is 0 Å². The highest BCUT2D eigenvalue weighted by Gasteiger charge is 2.39. The number of aromatic nitrogens is 2. The third kappa shape index (κ3) is 3.92. The zero-order valence-electron chi connectivity index (χ0n) is 11.7. The molecule has 1 unspecified atom stereocenters. The molecule has 0 saturated carbocycles. The van der Waals surface area contributed by atoms with E-state index < -0.39 is 8.32 Å². The minimum absolute atomic E-state index is 0.142. The number of rotatable bonds is 3. The summed E-state index contributed by atoms with van der Waals surface area (Å²) >= 11 is 11.8. The first kappa shape index (κ1) is 15.9. The first-order valence-corrected chi connectivity index (χ1v) is 9.57. The zero-order chi connectivity index (χ0) is 14.1. The van der Waals surface area contributed by atoms with Gasteiger partial charge in [0.2, 0.25) is 0 Å². The van der Waals surface area contributed by atoms with E-state index in [1.54, 1.807) is 0 Å². The van der Waals surface area contributed by atoms with Crippen LogP contribution in [0.3, 0.4) is 0 Å². The van der Waals surface area contributed by atoms with Crippen LogP contribution in [0, 0.1) is 0 Å². The van der Waals surface area contributed by atoms with Crippen LogP contribution in [0.5, 0.6) is 0 Å². The number of hydrogen-bond acceptors (Lipinski definition) is 3. The molecule has 0 radical (unpaired) electrons. The van der Waals surface area contributed by atoms with E-state index in [1.807, 2.05) is 6.92 Å². The van der Waals surface area contributed by atoms with E-state index in [0.29, 0.717) is 16.1 Å². The van der Waals surface area contributed by atoms with Crippen LogP contribution in [0.25, 0.3) is 0 Å². The van der Waals surface area contributed by atoms with Crippen LogP contribution >= 0.6 is 23.2 Å². The quantitative estimate of drug-likeness (QED) is 0.590. The summed E-state index contributed by atoms with van der Waals surface area (Å²) in [5, 5.41) is 0.829. The van der Waals surface area contributed by atoms with Crippen LogP contribution in [-0.4, -0.2) is 18.3 Å². The fourth-order valence-corrected chi connectivity index (χ4v) is 3.04. The molecule has 0 aliphatic heterocycles. The molecule has 0 aliphatic carbocycles. The van der Waals surface area contributed by atoms with Crippen molar-refractivity contribution in [3.63, 3.8) is 0 Å². The summed E-state index contributed by atoms with van der Waals surface area (Å²) in [4.78, 5) is 8.33. The molecule has 102 valence electrons. The lowest BCUT2D eigenvalue weighted by atomic mass is 10.2. The standard InChI is InChI=1S/C12H20Cl2N2OSi/c1-8(17-18(5,6)12(2,3)4)11-15-9(13)7-10(14)16-11/h7-8H,1-6H3. The maximum Gasteiger partial charge on any atom is 0.193 e. The molecule has 0 spiro atoms. The van der Waals surface area contributed by atoms with Gasteiger partial charge in [0, 0.05) is 6.07 Å². The van der Waals surface area contributed by atoms with E-state index in [9.17, 15) is 0 Å². The Morgan fingerprint density at radius 1 is 1.17 bits per heavy atom. The fourth-order valence-electron chi connectivity index (χ4n) is 1.26. The minimum atomic E-state index is -1.85. The summed E-state index contributed by atoms with van der Waals surface area (Å²) in [7, 11) is -1.85. The summed E-state index contributed by atoms with van der Waals surface area (Å²) in [6, 6.07) is 1.52. The predicted octanol–water partition coefficient (Wildman–Crippen LogP) is 4.87. The van der Waals surface area contributed by atoms with Gasteiger partial charge in [-0.2, -0.15) is 0 Å². The molecule has 0 saturated heterocycles. The van der Waals surface area contributed by atoms with Gasteiger partial charge in [-0.3, -0.25) is 0 Å². The third-order valence-electron chi connectivity index (χ3n) is 3.32. The summed E-state index contributed by atoms with van der Waals surface area (Å²) in [5.41, 5.74) is 0. The predicted molar refractivity (Wildman–Crippen MR) is 78.7 cm³/mol. The maximum atomic E-state index is 6.19. The Kier molecular flexibility index (Phi) is 4.81. The van der Waals surface area contributed by atoms with Crippen molar-refractivity contribution < 1.29 is 4.43 Å². The van der Waals surface area contributed by atoms with Gasteiger partial charge in [0.1, 0.15) is 16.4 Å². The van der Waals surface area contributed by atoms with Gasteiger partial charge in [0.25, 0.3) is 0 Å². The summed E-state index contributed by atoms with van der Waals surface area (Å²) in [6.07, 6.45) is -0.206.